The van der Waals surface area contributed by atoms with Gasteiger partial charge in [0.05, 0.1) is 12.6 Å². The molecule has 6 heteroatoms. The molecule has 15 heavy (non-hydrogen) atoms. The molecule has 84 valence electrons. The molecule has 3 N–H and O–H groups in total. The topological polar surface area (TPSA) is 46.2 Å². The van der Waals surface area contributed by atoms with Gasteiger partial charge in [0, 0.05) is 11.1 Å². The number of hydrogen-bond donors (Lipinski definition) is 2. The first-order chi connectivity index (χ1) is 6.91. The molecule has 1 atom stereocenters. The van der Waals surface area contributed by atoms with Crippen LogP contribution in [0.4, 0.5) is 17.6 Å². The van der Waals surface area contributed by atoms with Gasteiger partial charge in [0.1, 0.15) is 0 Å². The molecule has 0 aliphatic carbocycles. The van der Waals surface area contributed by atoms with Crippen molar-refractivity contribution in [3.8, 4) is 0 Å². The predicted molar refractivity (Wildman–Crippen MR) is 45.0 cm³/mol. The smallest absolute Gasteiger partial charge is 0.167 e. The fourth-order valence-electron chi connectivity index (χ4n) is 1.18. The van der Waals surface area contributed by atoms with Gasteiger partial charge in [-0.3, -0.25) is 0 Å². The van der Waals surface area contributed by atoms with Gasteiger partial charge in [0.15, 0.2) is 23.3 Å². The number of halogens is 4. The molecule has 0 unspecified atom stereocenters. The molecule has 1 rings (SSSR count). The number of hydrogen-bond acceptors (Lipinski definition) is 2. The van der Waals surface area contributed by atoms with E-state index in [1.54, 1.807) is 0 Å². The Bertz CT molecular complexity index is 365. The van der Waals surface area contributed by atoms with Crippen molar-refractivity contribution in [1.29, 1.82) is 0 Å². The van der Waals surface area contributed by atoms with Crippen LogP contribution in [-0.4, -0.2) is 11.7 Å². The Kier molecular flexibility index (Phi) is 3.31. The van der Waals surface area contributed by atoms with Gasteiger partial charge in [-0.25, -0.2) is 17.6 Å². The second-order valence-electron chi connectivity index (χ2n) is 3.08. The van der Waals surface area contributed by atoms with Crippen molar-refractivity contribution >= 4 is 0 Å². The molecule has 0 aromatic heterocycles. The molecule has 1 aromatic carbocycles. The van der Waals surface area contributed by atoms with Gasteiger partial charge >= 0.3 is 0 Å². The second kappa shape index (κ2) is 4.16. The Morgan fingerprint density at radius 2 is 1.47 bits per heavy atom. The van der Waals surface area contributed by atoms with Crippen LogP contribution in [0.3, 0.4) is 0 Å². The van der Waals surface area contributed by atoms with E-state index in [-0.39, 0.29) is 0 Å². The Morgan fingerprint density at radius 3 is 1.80 bits per heavy atom. The van der Waals surface area contributed by atoms with Gasteiger partial charge in [-0.2, -0.15) is 0 Å². The minimum Gasteiger partial charge on any atom is -0.394 e. The molecule has 0 amide bonds. The summed E-state index contributed by atoms with van der Waals surface area (Å²) < 4.78 is 52.4. The first-order valence-electron chi connectivity index (χ1n) is 4.10. The van der Waals surface area contributed by atoms with Crippen LogP contribution >= 0.6 is 0 Å². The molecule has 0 bridgehead atoms. The molecule has 0 heterocycles. The SMILES string of the molecule is Cc1c(F)c(F)c([C@@H](N)CO)c(F)c1F. The molecular formula is C9H9F4NO. The van der Waals surface area contributed by atoms with E-state index in [1.165, 1.54) is 0 Å². The van der Waals surface area contributed by atoms with Crippen LogP contribution in [0.1, 0.15) is 17.2 Å². The van der Waals surface area contributed by atoms with E-state index in [2.05, 4.69) is 0 Å². The first kappa shape index (κ1) is 11.9. The van der Waals surface area contributed by atoms with E-state index >= 15 is 0 Å². The minimum absolute atomic E-state index is 0.751. The third-order valence-corrected chi connectivity index (χ3v) is 2.08. The van der Waals surface area contributed by atoms with E-state index in [4.69, 9.17) is 10.8 Å². The summed E-state index contributed by atoms with van der Waals surface area (Å²) in [6, 6.07) is -1.49. The molecule has 0 saturated heterocycles. The first-order valence-corrected chi connectivity index (χ1v) is 4.10. The lowest BCUT2D eigenvalue weighted by Crippen LogP contribution is -2.20. The maximum absolute atomic E-state index is 13.2. The number of aliphatic hydroxyl groups is 1. The van der Waals surface area contributed by atoms with Crippen molar-refractivity contribution in [1.82, 2.24) is 0 Å². The zero-order valence-corrected chi connectivity index (χ0v) is 7.82. The molecule has 0 radical (unpaired) electrons. The zero-order valence-electron chi connectivity index (χ0n) is 7.82. The van der Waals surface area contributed by atoms with E-state index in [0.29, 0.717) is 0 Å². The molecule has 0 fully saturated rings. The van der Waals surface area contributed by atoms with Crippen LogP contribution in [0.5, 0.6) is 0 Å². The molecule has 0 spiro atoms. The van der Waals surface area contributed by atoms with E-state index in [0.717, 1.165) is 6.92 Å². The van der Waals surface area contributed by atoms with Crippen molar-refractivity contribution in [2.24, 2.45) is 5.73 Å². The van der Waals surface area contributed by atoms with Crippen molar-refractivity contribution in [2.75, 3.05) is 6.61 Å². The van der Waals surface area contributed by atoms with Crippen molar-refractivity contribution < 1.29 is 22.7 Å². The number of aliphatic hydroxyl groups excluding tert-OH is 1. The highest BCUT2D eigenvalue weighted by atomic mass is 19.2. The molecule has 0 saturated carbocycles. The minimum atomic E-state index is -1.56. The van der Waals surface area contributed by atoms with Crippen molar-refractivity contribution in [3.63, 3.8) is 0 Å². The van der Waals surface area contributed by atoms with Crippen LogP contribution in [0.25, 0.3) is 0 Å². The lowest BCUT2D eigenvalue weighted by Gasteiger charge is -2.13. The van der Waals surface area contributed by atoms with Gasteiger partial charge in [0.25, 0.3) is 0 Å². The van der Waals surface area contributed by atoms with E-state index in [1.807, 2.05) is 0 Å². The summed E-state index contributed by atoms with van der Waals surface area (Å²) in [5, 5.41) is 8.58. The lowest BCUT2D eigenvalue weighted by molar-refractivity contribution is 0.259. The summed E-state index contributed by atoms with van der Waals surface area (Å²) in [5.74, 6) is -6.11. The van der Waals surface area contributed by atoms with Crippen LogP contribution in [-0.2, 0) is 0 Å². The quantitative estimate of drug-likeness (QED) is 0.590. The average Bonchev–Trinajstić information content (AvgIpc) is 2.23. The highest BCUT2D eigenvalue weighted by Gasteiger charge is 2.26. The molecule has 0 aliphatic heterocycles. The summed E-state index contributed by atoms with van der Waals surface area (Å²) in [5.41, 5.74) is 3.40. The standard InChI is InChI=1S/C9H9F4NO/c1-3-6(10)8(12)5(4(14)2-15)9(13)7(3)11/h4,15H,2,14H2,1H3/t4-/m0/s1. The maximum Gasteiger partial charge on any atom is 0.167 e. The Labute approximate surface area is 83.3 Å². The van der Waals surface area contributed by atoms with Crippen molar-refractivity contribution in [2.45, 2.75) is 13.0 Å². The normalized spacial score (nSPS) is 13.0. The largest absolute Gasteiger partial charge is 0.394 e. The molecule has 2 nitrogen and oxygen atoms in total. The number of rotatable bonds is 2. The maximum atomic E-state index is 13.2. The second-order valence-corrected chi connectivity index (χ2v) is 3.08. The van der Waals surface area contributed by atoms with E-state index < -0.39 is 47.0 Å². The third-order valence-electron chi connectivity index (χ3n) is 2.08. The van der Waals surface area contributed by atoms with Gasteiger partial charge in [-0.05, 0) is 6.92 Å². The highest BCUT2D eigenvalue weighted by Crippen LogP contribution is 2.26. The van der Waals surface area contributed by atoms with Gasteiger partial charge < -0.3 is 10.8 Å². The Hall–Kier alpha value is -1.14. The van der Waals surface area contributed by atoms with Crippen LogP contribution in [0.15, 0.2) is 0 Å². The monoisotopic (exact) mass is 223 g/mol. The molecule has 0 aliphatic rings. The summed E-state index contributed by atoms with van der Waals surface area (Å²) in [4.78, 5) is 0. The fraction of sp³-hybridized carbons (Fsp3) is 0.333. The summed E-state index contributed by atoms with van der Waals surface area (Å²) >= 11 is 0. The molecule has 1 aromatic rings. The summed E-state index contributed by atoms with van der Waals surface area (Å²) in [7, 11) is 0. The van der Waals surface area contributed by atoms with Crippen LogP contribution < -0.4 is 5.73 Å². The highest BCUT2D eigenvalue weighted by molar-refractivity contribution is 5.31. The zero-order chi connectivity index (χ0) is 11.7. The van der Waals surface area contributed by atoms with Gasteiger partial charge in [-0.1, -0.05) is 0 Å². The predicted octanol–water partition coefficient (Wildman–Crippen LogP) is 1.54. The average molecular weight is 223 g/mol. The van der Waals surface area contributed by atoms with Crippen LogP contribution in [0, 0.1) is 30.2 Å². The number of nitrogens with two attached hydrogens (primary N) is 1. The number of benzene rings is 1. The third kappa shape index (κ3) is 1.82. The Morgan fingerprint density at radius 1 is 1.07 bits per heavy atom. The van der Waals surface area contributed by atoms with Crippen LogP contribution in [0.2, 0.25) is 0 Å². The fourth-order valence-corrected chi connectivity index (χ4v) is 1.18. The molecular weight excluding hydrogens is 214 g/mol. The van der Waals surface area contributed by atoms with Gasteiger partial charge in [0.2, 0.25) is 0 Å². The van der Waals surface area contributed by atoms with E-state index in [9.17, 15) is 17.6 Å². The lowest BCUT2D eigenvalue weighted by atomic mass is 10.0. The van der Waals surface area contributed by atoms with Gasteiger partial charge in [-0.15, -0.1) is 0 Å². The summed E-state index contributed by atoms with van der Waals surface area (Å²) in [6.45, 7) is 0.0981. The van der Waals surface area contributed by atoms with Crippen molar-refractivity contribution in [3.05, 3.63) is 34.4 Å². The Balaban J connectivity index is 3.52. The summed E-state index contributed by atoms with van der Waals surface area (Å²) in [6.07, 6.45) is 0.